The van der Waals surface area contributed by atoms with Gasteiger partial charge in [-0.3, -0.25) is 4.79 Å². The number of ether oxygens (including phenoxy) is 1. The number of rotatable bonds is 3. The maximum atomic E-state index is 11.9. The van der Waals surface area contributed by atoms with Crippen LogP contribution in [0, 0.1) is 5.92 Å². The van der Waals surface area contributed by atoms with E-state index in [0.29, 0.717) is 6.42 Å². The Morgan fingerprint density at radius 2 is 1.85 bits per heavy atom. The minimum atomic E-state index is -0.877. The lowest BCUT2D eigenvalue weighted by Crippen LogP contribution is -2.36. The summed E-state index contributed by atoms with van der Waals surface area (Å²) >= 11 is 11.8. The molecule has 0 bridgehead atoms. The average molecular weight is 315 g/mol. The molecule has 6 heteroatoms. The number of alkyl halides is 2. The predicted octanol–water partition coefficient (Wildman–Crippen LogP) is 2.66. The number of nitrogens with one attached hydrogen (secondary N) is 1. The minimum Gasteiger partial charge on any atom is -0.378 e. The fourth-order valence-electron chi connectivity index (χ4n) is 2.30. The largest absolute Gasteiger partial charge is 0.378 e. The summed E-state index contributed by atoms with van der Waals surface area (Å²) in [5, 5.41) is 2.84. The number of carbonyl (C=O) groups excluding carboxylic acids is 1. The third kappa shape index (κ3) is 3.03. The molecule has 4 nitrogen and oxygen atoms in total. The number of nitrogens with zero attached hydrogens (tertiary/aromatic N) is 1. The van der Waals surface area contributed by atoms with Crippen LogP contribution < -0.4 is 10.2 Å². The van der Waals surface area contributed by atoms with Crippen molar-refractivity contribution in [3.8, 4) is 0 Å². The molecule has 108 valence electrons. The molecule has 1 saturated carbocycles. The topological polar surface area (TPSA) is 41.6 Å². The highest BCUT2D eigenvalue weighted by molar-refractivity contribution is 6.52. The van der Waals surface area contributed by atoms with Crippen LogP contribution >= 0.6 is 23.2 Å². The van der Waals surface area contributed by atoms with Crippen molar-refractivity contribution < 1.29 is 9.53 Å². The van der Waals surface area contributed by atoms with Gasteiger partial charge in [-0.1, -0.05) is 0 Å². The van der Waals surface area contributed by atoms with Crippen LogP contribution in [0.1, 0.15) is 6.42 Å². The molecular weight excluding hydrogens is 299 g/mol. The van der Waals surface area contributed by atoms with Crippen molar-refractivity contribution in [1.82, 2.24) is 0 Å². The fraction of sp³-hybridized carbons (Fsp3) is 0.500. The summed E-state index contributed by atoms with van der Waals surface area (Å²) in [7, 11) is 0. The van der Waals surface area contributed by atoms with E-state index in [0.717, 1.165) is 37.7 Å². The number of carbonyl (C=O) groups is 1. The molecule has 2 aliphatic rings. The molecule has 1 aromatic carbocycles. The Morgan fingerprint density at radius 3 is 2.40 bits per heavy atom. The highest BCUT2D eigenvalue weighted by Crippen LogP contribution is 2.53. The molecule has 0 aromatic heterocycles. The Morgan fingerprint density at radius 1 is 1.25 bits per heavy atom. The predicted molar refractivity (Wildman–Crippen MR) is 80.6 cm³/mol. The molecule has 1 aliphatic heterocycles. The van der Waals surface area contributed by atoms with Crippen molar-refractivity contribution in [2.24, 2.45) is 5.92 Å². The summed E-state index contributed by atoms with van der Waals surface area (Å²) < 4.78 is 4.45. The normalized spacial score (nSPS) is 24.3. The summed E-state index contributed by atoms with van der Waals surface area (Å²) in [6.07, 6.45) is 0.522. The summed E-state index contributed by atoms with van der Waals surface area (Å²) in [5.74, 6) is -0.418. The second kappa shape index (κ2) is 5.43. The third-order valence-electron chi connectivity index (χ3n) is 3.65. The van der Waals surface area contributed by atoms with E-state index in [-0.39, 0.29) is 11.8 Å². The van der Waals surface area contributed by atoms with Crippen molar-refractivity contribution >= 4 is 40.5 Å². The molecule has 1 atom stereocenters. The maximum Gasteiger partial charge on any atom is 0.230 e. The van der Waals surface area contributed by atoms with E-state index in [1.807, 2.05) is 24.3 Å². The quantitative estimate of drug-likeness (QED) is 0.872. The number of anilines is 2. The fourth-order valence-corrected chi connectivity index (χ4v) is 2.81. The van der Waals surface area contributed by atoms with E-state index in [9.17, 15) is 4.79 Å². The first kappa shape index (κ1) is 14.0. The molecule has 1 aromatic rings. The lowest BCUT2D eigenvalue weighted by molar-refractivity contribution is -0.117. The summed E-state index contributed by atoms with van der Waals surface area (Å²) in [6, 6.07) is 7.80. The van der Waals surface area contributed by atoms with Gasteiger partial charge in [0.25, 0.3) is 0 Å². The van der Waals surface area contributed by atoms with Crippen LogP contribution in [0.2, 0.25) is 0 Å². The molecule has 3 rings (SSSR count). The van der Waals surface area contributed by atoms with Gasteiger partial charge in [0, 0.05) is 24.5 Å². The van der Waals surface area contributed by atoms with Crippen LogP contribution in [0.25, 0.3) is 0 Å². The van der Waals surface area contributed by atoms with E-state index >= 15 is 0 Å². The molecule has 1 aliphatic carbocycles. The lowest BCUT2D eigenvalue weighted by Gasteiger charge is -2.28. The molecule has 1 saturated heterocycles. The highest BCUT2D eigenvalue weighted by Gasteiger charge is 2.56. The molecular formula is C14H16Cl2N2O2. The number of benzene rings is 1. The zero-order valence-electron chi connectivity index (χ0n) is 10.9. The number of morpholine rings is 1. The van der Waals surface area contributed by atoms with E-state index in [1.165, 1.54) is 0 Å². The van der Waals surface area contributed by atoms with Gasteiger partial charge >= 0.3 is 0 Å². The van der Waals surface area contributed by atoms with Crippen molar-refractivity contribution in [2.75, 3.05) is 36.5 Å². The monoisotopic (exact) mass is 314 g/mol. The van der Waals surface area contributed by atoms with Gasteiger partial charge in [0.15, 0.2) is 0 Å². The Balaban J connectivity index is 1.60. The van der Waals surface area contributed by atoms with Crippen LogP contribution in [-0.4, -0.2) is 36.5 Å². The van der Waals surface area contributed by atoms with Gasteiger partial charge in [-0.2, -0.15) is 0 Å². The third-order valence-corrected chi connectivity index (χ3v) is 4.49. The zero-order chi connectivity index (χ0) is 14.2. The molecule has 0 radical (unpaired) electrons. The molecule has 1 amide bonds. The van der Waals surface area contributed by atoms with E-state index < -0.39 is 4.33 Å². The average Bonchev–Trinajstić information content (AvgIpc) is 3.10. The first-order valence-electron chi connectivity index (χ1n) is 6.68. The van der Waals surface area contributed by atoms with Gasteiger partial charge in [0.2, 0.25) is 5.91 Å². The van der Waals surface area contributed by atoms with Crippen molar-refractivity contribution in [2.45, 2.75) is 10.8 Å². The smallest absolute Gasteiger partial charge is 0.230 e. The first-order valence-corrected chi connectivity index (χ1v) is 7.43. The van der Waals surface area contributed by atoms with Crippen LogP contribution in [0.5, 0.6) is 0 Å². The molecule has 0 spiro atoms. The van der Waals surface area contributed by atoms with Gasteiger partial charge in [-0.25, -0.2) is 0 Å². The van der Waals surface area contributed by atoms with E-state index in [4.69, 9.17) is 27.9 Å². The van der Waals surface area contributed by atoms with Crippen molar-refractivity contribution in [3.63, 3.8) is 0 Å². The maximum absolute atomic E-state index is 11.9. The van der Waals surface area contributed by atoms with Gasteiger partial charge < -0.3 is 15.0 Å². The lowest BCUT2D eigenvalue weighted by atomic mass is 10.2. The Labute approximate surface area is 128 Å². The van der Waals surface area contributed by atoms with Gasteiger partial charge in [0.1, 0.15) is 4.33 Å². The molecule has 20 heavy (non-hydrogen) atoms. The number of amides is 1. The summed E-state index contributed by atoms with van der Waals surface area (Å²) in [6.45, 7) is 3.31. The van der Waals surface area contributed by atoms with Crippen LogP contribution in [0.15, 0.2) is 24.3 Å². The Bertz CT molecular complexity index is 498. The van der Waals surface area contributed by atoms with Crippen LogP contribution in [0.3, 0.4) is 0 Å². The van der Waals surface area contributed by atoms with E-state index in [1.54, 1.807) is 0 Å². The Kier molecular flexibility index (Phi) is 3.80. The summed E-state index contributed by atoms with van der Waals surface area (Å²) in [4.78, 5) is 14.1. The van der Waals surface area contributed by atoms with Crippen LogP contribution in [-0.2, 0) is 9.53 Å². The summed E-state index contributed by atoms with van der Waals surface area (Å²) in [5.41, 5.74) is 1.91. The number of hydrogen-bond donors (Lipinski definition) is 1. The van der Waals surface area contributed by atoms with Gasteiger partial charge in [-0.15, -0.1) is 23.2 Å². The first-order chi connectivity index (χ1) is 9.56. The molecule has 2 fully saturated rings. The van der Waals surface area contributed by atoms with E-state index in [2.05, 4.69) is 10.2 Å². The van der Waals surface area contributed by atoms with Crippen LogP contribution in [0.4, 0.5) is 11.4 Å². The van der Waals surface area contributed by atoms with Crippen molar-refractivity contribution in [1.29, 1.82) is 0 Å². The Hall–Kier alpha value is -0.970. The van der Waals surface area contributed by atoms with Crippen molar-refractivity contribution in [3.05, 3.63) is 24.3 Å². The SMILES string of the molecule is O=C(Nc1ccc(N2CCOCC2)cc1)[C@@H]1CC1(Cl)Cl. The standard InChI is InChI=1S/C14H16Cl2N2O2/c15-14(16)9-12(14)13(19)17-10-1-3-11(4-2-10)18-5-7-20-8-6-18/h1-4,12H,5-9H2,(H,17,19)/t12-/m0/s1. The number of halogens is 2. The minimum absolute atomic E-state index is 0.117. The number of hydrogen-bond acceptors (Lipinski definition) is 3. The zero-order valence-corrected chi connectivity index (χ0v) is 12.5. The molecule has 1 N–H and O–H groups in total. The highest BCUT2D eigenvalue weighted by atomic mass is 35.5. The van der Waals surface area contributed by atoms with Gasteiger partial charge in [-0.05, 0) is 30.7 Å². The molecule has 0 unspecified atom stereocenters. The molecule has 1 heterocycles. The second-order valence-electron chi connectivity index (χ2n) is 5.15. The van der Waals surface area contributed by atoms with Gasteiger partial charge in [0.05, 0.1) is 19.1 Å². The second-order valence-corrected chi connectivity index (χ2v) is 6.70.